The van der Waals surface area contributed by atoms with Crippen molar-refractivity contribution in [1.82, 2.24) is 9.21 Å². The maximum Gasteiger partial charge on any atom is 0.252 e. The fourth-order valence-electron chi connectivity index (χ4n) is 4.44. The van der Waals surface area contributed by atoms with Gasteiger partial charge in [-0.15, -0.1) is 11.3 Å². The van der Waals surface area contributed by atoms with Crippen LogP contribution in [0.5, 0.6) is 0 Å². The van der Waals surface area contributed by atoms with Crippen LogP contribution in [-0.4, -0.2) is 80.8 Å². The first kappa shape index (κ1) is 23.7. The molecule has 0 amide bonds. The minimum atomic E-state index is -3.49. The maximum atomic E-state index is 13.2. The van der Waals surface area contributed by atoms with Crippen LogP contribution in [-0.2, 0) is 20.4 Å². The van der Waals surface area contributed by atoms with Crippen molar-refractivity contribution in [3.8, 4) is 0 Å². The Morgan fingerprint density at radius 1 is 1.16 bits per heavy atom. The number of benzene rings is 1. The van der Waals surface area contributed by atoms with Crippen molar-refractivity contribution in [1.29, 1.82) is 0 Å². The van der Waals surface area contributed by atoms with Gasteiger partial charge in [0, 0.05) is 44.5 Å². The maximum absolute atomic E-state index is 13.2. The summed E-state index contributed by atoms with van der Waals surface area (Å²) in [4.78, 5) is 4.71. The number of aliphatic hydroxyl groups is 1. The summed E-state index contributed by atoms with van der Waals surface area (Å²) in [6.07, 6.45) is 0. The van der Waals surface area contributed by atoms with E-state index in [1.54, 1.807) is 35.7 Å². The van der Waals surface area contributed by atoms with Gasteiger partial charge in [0.05, 0.1) is 24.9 Å². The first-order chi connectivity index (χ1) is 15.2. The topological polar surface area (TPSA) is 73.3 Å². The van der Waals surface area contributed by atoms with E-state index in [9.17, 15) is 13.5 Å². The van der Waals surface area contributed by atoms with Crippen LogP contribution >= 0.6 is 11.3 Å². The van der Waals surface area contributed by atoms with Gasteiger partial charge in [-0.3, -0.25) is 4.90 Å². The smallest absolute Gasteiger partial charge is 0.252 e. The van der Waals surface area contributed by atoms with Gasteiger partial charge in [-0.2, -0.15) is 4.31 Å². The molecule has 0 unspecified atom stereocenters. The number of piperazine rings is 1. The number of nitrogens with zero attached hydrogens (tertiary/aromatic N) is 3. The highest BCUT2D eigenvalue weighted by Crippen LogP contribution is 2.29. The third kappa shape index (κ3) is 5.03. The van der Waals surface area contributed by atoms with Gasteiger partial charge in [-0.25, -0.2) is 8.42 Å². The lowest BCUT2D eigenvalue weighted by molar-refractivity contribution is -0.00446. The second-order valence-corrected chi connectivity index (χ2v) is 12.3. The van der Waals surface area contributed by atoms with Crippen LogP contribution in [0.15, 0.2) is 46.0 Å². The van der Waals surface area contributed by atoms with Gasteiger partial charge < -0.3 is 14.7 Å². The minimum Gasteiger partial charge on any atom is -0.386 e. The van der Waals surface area contributed by atoms with Crippen molar-refractivity contribution in [3.05, 3.63) is 47.3 Å². The van der Waals surface area contributed by atoms with E-state index in [0.717, 1.165) is 24.3 Å². The molecular formula is C23H33N3O4S2. The van der Waals surface area contributed by atoms with Crippen molar-refractivity contribution in [2.24, 2.45) is 0 Å². The van der Waals surface area contributed by atoms with Crippen LogP contribution in [0.2, 0.25) is 0 Å². The molecule has 2 aliphatic heterocycles. The average Bonchev–Trinajstić information content (AvgIpc) is 3.31. The van der Waals surface area contributed by atoms with E-state index in [1.807, 2.05) is 24.3 Å². The number of ether oxygens (including phenoxy) is 1. The van der Waals surface area contributed by atoms with E-state index in [1.165, 1.54) is 11.3 Å². The number of hydrogen-bond donors (Lipinski definition) is 1. The highest BCUT2D eigenvalue weighted by molar-refractivity contribution is 7.91. The van der Waals surface area contributed by atoms with E-state index in [0.29, 0.717) is 43.1 Å². The molecule has 7 nitrogen and oxygen atoms in total. The largest absolute Gasteiger partial charge is 0.386 e. The average molecular weight is 480 g/mol. The van der Waals surface area contributed by atoms with Crippen molar-refractivity contribution in [3.63, 3.8) is 0 Å². The van der Waals surface area contributed by atoms with E-state index in [2.05, 4.69) is 16.7 Å². The Labute approximate surface area is 195 Å². The predicted octanol–water partition coefficient (Wildman–Crippen LogP) is 2.58. The third-order valence-corrected chi connectivity index (χ3v) is 9.63. The fourth-order valence-corrected chi connectivity index (χ4v) is 7.06. The monoisotopic (exact) mass is 479 g/mol. The Balaban J connectivity index is 1.59. The summed E-state index contributed by atoms with van der Waals surface area (Å²) in [6, 6.07) is 11.8. The normalized spacial score (nSPS) is 24.1. The lowest BCUT2D eigenvalue weighted by Crippen LogP contribution is -2.60. The Hall–Kier alpha value is -1.49. The number of hydrogen-bond acceptors (Lipinski definition) is 7. The zero-order valence-corrected chi connectivity index (χ0v) is 20.6. The molecule has 0 aliphatic carbocycles. The summed E-state index contributed by atoms with van der Waals surface area (Å²) in [6.45, 7) is 10.2. The molecule has 3 heterocycles. The minimum absolute atomic E-state index is 0.0204. The quantitative estimate of drug-likeness (QED) is 0.687. The molecule has 2 atom stereocenters. The highest BCUT2D eigenvalue weighted by atomic mass is 32.2. The standard InChI is InChI=1S/C23H33N3O4S2/c1-18-17-30-13-12-24(18)15-21-16-25(32(28,29)22-5-4-14-31-22)10-11-26(21)20-8-6-19(7-9-20)23(2,3)27/h4-9,14,18,21,27H,10-13,15-17H2,1-3H3/t18-,21+/m0/s1. The molecule has 2 aliphatic rings. The van der Waals surface area contributed by atoms with Gasteiger partial charge in [-0.1, -0.05) is 18.2 Å². The van der Waals surface area contributed by atoms with Crippen LogP contribution in [0.25, 0.3) is 0 Å². The first-order valence-corrected chi connectivity index (χ1v) is 13.4. The molecule has 1 aromatic heterocycles. The van der Waals surface area contributed by atoms with Crippen molar-refractivity contribution < 1.29 is 18.3 Å². The van der Waals surface area contributed by atoms with Crippen molar-refractivity contribution in [2.45, 2.75) is 42.7 Å². The molecule has 2 fully saturated rings. The Morgan fingerprint density at radius 3 is 2.53 bits per heavy atom. The molecule has 0 radical (unpaired) electrons. The number of thiophene rings is 1. The zero-order chi connectivity index (χ0) is 22.9. The number of rotatable bonds is 6. The molecule has 176 valence electrons. The summed E-state index contributed by atoms with van der Waals surface area (Å²) >= 11 is 1.27. The van der Waals surface area contributed by atoms with Crippen molar-refractivity contribution >= 4 is 27.0 Å². The highest BCUT2D eigenvalue weighted by Gasteiger charge is 2.36. The Morgan fingerprint density at radius 2 is 1.91 bits per heavy atom. The molecule has 0 spiro atoms. The van der Waals surface area contributed by atoms with Gasteiger partial charge in [0.25, 0.3) is 10.0 Å². The second-order valence-electron chi connectivity index (χ2n) is 9.17. The summed E-state index contributed by atoms with van der Waals surface area (Å²) in [5.41, 5.74) is 1.02. The summed E-state index contributed by atoms with van der Waals surface area (Å²) < 4.78 is 34.0. The second kappa shape index (κ2) is 9.40. The summed E-state index contributed by atoms with van der Waals surface area (Å²) in [5.74, 6) is 0. The van der Waals surface area contributed by atoms with Crippen molar-refractivity contribution in [2.75, 3.05) is 50.8 Å². The van der Waals surface area contributed by atoms with Crippen LogP contribution < -0.4 is 4.90 Å². The van der Waals surface area contributed by atoms with Crippen LogP contribution in [0.3, 0.4) is 0 Å². The van der Waals surface area contributed by atoms with Gasteiger partial charge >= 0.3 is 0 Å². The molecule has 2 saturated heterocycles. The SMILES string of the molecule is C[C@H]1COCCN1C[C@@H]1CN(S(=O)(=O)c2cccs2)CCN1c1ccc(C(C)(C)O)cc1. The number of morpholine rings is 1. The predicted molar refractivity (Wildman–Crippen MR) is 128 cm³/mol. The molecule has 1 N–H and O–H groups in total. The molecule has 4 rings (SSSR count). The van der Waals surface area contributed by atoms with Crippen LogP contribution in [0.1, 0.15) is 26.3 Å². The zero-order valence-electron chi connectivity index (χ0n) is 19.0. The summed E-state index contributed by atoms with van der Waals surface area (Å²) in [5, 5.41) is 12.1. The van der Waals surface area contributed by atoms with Gasteiger partial charge in [-0.05, 0) is 49.9 Å². The van der Waals surface area contributed by atoms with E-state index in [-0.39, 0.29) is 6.04 Å². The van der Waals surface area contributed by atoms with Gasteiger partial charge in [0.2, 0.25) is 0 Å². The number of sulfonamides is 1. The Bertz CT molecular complexity index is 987. The van der Waals surface area contributed by atoms with Gasteiger partial charge in [0.1, 0.15) is 4.21 Å². The van der Waals surface area contributed by atoms with E-state index in [4.69, 9.17) is 4.74 Å². The molecule has 2 aromatic rings. The van der Waals surface area contributed by atoms with Gasteiger partial charge in [0.15, 0.2) is 0 Å². The van der Waals surface area contributed by atoms with E-state index < -0.39 is 15.6 Å². The molecular weight excluding hydrogens is 446 g/mol. The number of anilines is 1. The first-order valence-electron chi connectivity index (χ1n) is 11.1. The van der Waals surface area contributed by atoms with E-state index >= 15 is 0 Å². The summed E-state index contributed by atoms with van der Waals surface area (Å²) in [7, 11) is -3.49. The third-order valence-electron chi connectivity index (χ3n) is 6.39. The molecule has 32 heavy (non-hydrogen) atoms. The fraction of sp³-hybridized carbons (Fsp3) is 0.565. The lowest BCUT2D eigenvalue weighted by Gasteiger charge is -2.45. The molecule has 0 bridgehead atoms. The molecule has 9 heteroatoms. The van der Waals surface area contributed by atoms with Crippen LogP contribution in [0, 0.1) is 0 Å². The van der Waals surface area contributed by atoms with Crippen LogP contribution in [0.4, 0.5) is 5.69 Å². The lowest BCUT2D eigenvalue weighted by atomic mass is 9.98. The Kier molecular flexibility index (Phi) is 6.95. The molecule has 1 aromatic carbocycles. The molecule has 0 saturated carbocycles.